The molecule has 6 nitrogen and oxygen atoms in total. The van der Waals surface area contributed by atoms with Gasteiger partial charge in [-0.1, -0.05) is 18.2 Å². The highest BCUT2D eigenvalue weighted by molar-refractivity contribution is 5.97. The van der Waals surface area contributed by atoms with Gasteiger partial charge in [-0.15, -0.1) is 0 Å². The zero-order valence-electron chi connectivity index (χ0n) is 14.3. The Hall–Kier alpha value is -2.89. The largest absolute Gasteiger partial charge is 0.462 e. The first-order valence-corrected chi connectivity index (χ1v) is 7.71. The number of hydrogen-bond acceptors (Lipinski definition) is 4. The Morgan fingerprint density at radius 2 is 1.96 bits per heavy atom. The Morgan fingerprint density at radius 3 is 2.62 bits per heavy atom. The van der Waals surface area contributed by atoms with Gasteiger partial charge in [0.2, 0.25) is 0 Å². The van der Waals surface area contributed by atoms with Crippen LogP contribution >= 0.6 is 0 Å². The van der Waals surface area contributed by atoms with Crippen molar-refractivity contribution in [3.8, 4) is 0 Å². The van der Waals surface area contributed by atoms with Gasteiger partial charge in [-0.25, -0.2) is 10.2 Å². The number of rotatable bonds is 5. The van der Waals surface area contributed by atoms with Gasteiger partial charge in [0.05, 0.1) is 24.1 Å². The number of nitrogens with one attached hydrogen (secondary N) is 2. The summed E-state index contributed by atoms with van der Waals surface area (Å²) >= 11 is 0. The minimum Gasteiger partial charge on any atom is -0.462 e. The molecular formula is C18H21N3O3. The number of aromatic nitrogens is 1. The number of aryl methyl sites for hydroxylation is 2. The van der Waals surface area contributed by atoms with E-state index in [1.807, 2.05) is 19.1 Å². The van der Waals surface area contributed by atoms with Gasteiger partial charge in [-0.05, 0) is 44.9 Å². The predicted molar refractivity (Wildman–Crippen MR) is 92.5 cm³/mol. The molecule has 24 heavy (non-hydrogen) atoms. The maximum absolute atomic E-state index is 12.1. The number of hydrazone groups is 1. The van der Waals surface area contributed by atoms with Crippen LogP contribution < -0.4 is 5.43 Å². The lowest BCUT2D eigenvalue weighted by molar-refractivity contribution is 0.0525. The first-order chi connectivity index (χ1) is 11.5. The molecule has 2 rings (SSSR count). The fourth-order valence-corrected chi connectivity index (χ4v) is 2.46. The van der Waals surface area contributed by atoms with Crippen molar-refractivity contribution in [2.75, 3.05) is 6.61 Å². The number of aromatic amines is 1. The quantitative estimate of drug-likeness (QED) is 0.503. The minimum absolute atomic E-state index is 0.282. The first-order valence-electron chi connectivity index (χ1n) is 7.71. The van der Waals surface area contributed by atoms with Crippen LogP contribution in [0.5, 0.6) is 0 Å². The van der Waals surface area contributed by atoms with Gasteiger partial charge in [0, 0.05) is 11.3 Å². The van der Waals surface area contributed by atoms with E-state index in [1.165, 1.54) is 6.21 Å². The number of ether oxygens (including phenoxy) is 1. The standard InChI is InChI=1S/C18H21N3O3/c1-5-24-18(23)16-12(3)15(20-13(16)4)10-19-21-17(22)14-9-7-6-8-11(14)2/h6-10,20H,5H2,1-4H3,(H,21,22)/b19-10+. The molecule has 2 aromatic rings. The van der Waals surface area contributed by atoms with Gasteiger partial charge in [0.1, 0.15) is 0 Å². The number of hydrogen-bond donors (Lipinski definition) is 2. The number of amides is 1. The zero-order chi connectivity index (χ0) is 17.7. The van der Waals surface area contributed by atoms with Crippen LogP contribution in [0.3, 0.4) is 0 Å². The number of nitrogens with zero attached hydrogens (tertiary/aromatic N) is 1. The van der Waals surface area contributed by atoms with Crippen LogP contribution in [0.1, 0.15) is 50.2 Å². The Balaban J connectivity index is 2.13. The summed E-state index contributed by atoms with van der Waals surface area (Å²) in [5.41, 5.74) is 6.54. The van der Waals surface area contributed by atoms with Crippen LogP contribution in [-0.2, 0) is 4.74 Å². The van der Waals surface area contributed by atoms with Crippen LogP contribution in [0.4, 0.5) is 0 Å². The molecule has 0 aliphatic carbocycles. The summed E-state index contributed by atoms with van der Waals surface area (Å²) in [6, 6.07) is 7.28. The van der Waals surface area contributed by atoms with E-state index in [4.69, 9.17) is 4.74 Å². The zero-order valence-corrected chi connectivity index (χ0v) is 14.3. The number of carbonyl (C=O) groups is 2. The van der Waals surface area contributed by atoms with Crippen molar-refractivity contribution in [3.05, 3.63) is 57.9 Å². The van der Waals surface area contributed by atoms with E-state index in [2.05, 4.69) is 15.5 Å². The molecule has 0 saturated carbocycles. The van der Waals surface area contributed by atoms with Crippen molar-refractivity contribution in [1.29, 1.82) is 0 Å². The summed E-state index contributed by atoms with van der Waals surface area (Å²) in [7, 11) is 0. The van der Waals surface area contributed by atoms with E-state index >= 15 is 0 Å². The SMILES string of the molecule is CCOC(=O)c1c(C)[nH]c(/C=N/NC(=O)c2ccccc2C)c1C. The monoisotopic (exact) mass is 327 g/mol. The molecule has 126 valence electrons. The lowest BCUT2D eigenvalue weighted by atomic mass is 10.1. The normalized spacial score (nSPS) is 10.8. The van der Waals surface area contributed by atoms with Crippen molar-refractivity contribution in [2.24, 2.45) is 5.10 Å². The molecule has 0 aliphatic rings. The molecule has 0 radical (unpaired) electrons. The van der Waals surface area contributed by atoms with Crippen LogP contribution in [0.25, 0.3) is 0 Å². The van der Waals surface area contributed by atoms with Crippen molar-refractivity contribution in [2.45, 2.75) is 27.7 Å². The average Bonchev–Trinajstić information content (AvgIpc) is 2.82. The topological polar surface area (TPSA) is 83.6 Å². The van der Waals surface area contributed by atoms with Crippen LogP contribution in [0.2, 0.25) is 0 Å². The smallest absolute Gasteiger partial charge is 0.340 e. The fourth-order valence-electron chi connectivity index (χ4n) is 2.46. The highest BCUT2D eigenvalue weighted by Gasteiger charge is 2.18. The molecule has 0 fully saturated rings. The third-order valence-corrected chi connectivity index (χ3v) is 3.71. The highest BCUT2D eigenvalue weighted by Crippen LogP contribution is 2.17. The maximum atomic E-state index is 12.1. The van der Waals surface area contributed by atoms with E-state index in [0.29, 0.717) is 29.1 Å². The maximum Gasteiger partial charge on any atom is 0.340 e. The Bertz CT molecular complexity index is 791. The van der Waals surface area contributed by atoms with Gasteiger partial charge < -0.3 is 9.72 Å². The molecule has 0 aliphatic heterocycles. The second kappa shape index (κ2) is 7.59. The summed E-state index contributed by atoms with van der Waals surface area (Å²) in [5.74, 6) is -0.650. The third kappa shape index (κ3) is 3.71. The molecule has 0 unspecified atom stereocenters. The predicted octanol–water partition coefficient (Wildman–Crippen LogP) is 2.88. The van der Waals surface area contributed by atoms with Gasteiger partial charge in [-0.2, -0.15) is 5.10 Å². The second-order valence-corrected chi connectivity index (χ2v) is 5.40. The molecule has 2 N–H and O–H groups in total. The summed E-state index contributed by atoms with van der Waals surface area (Å²) in [6.07, 6.45) is 1.49. The number of esters is 1. The van der Waals surface area contributed by atoms with Gasteiger partial charge in [-0.3, -0.25) is 4.79 Å². The van der Waals surface area contributed by atoms with E-state index in [-0.39, 0.29) is 11.9 Å². The van der Waals surface area contributed by atoms with Crippen molar-refractivity contribution >= 4 is 18.1 Å². The molecule has 6 heteroatoms. The van der Waals surface area contributed by atoms with Crippen molar-refractivity contribution in [1.82, 2.24) is 10.4 Å². The van der Waals surface area contributed by atoms with Crippen molar-refractivity contribution < 1.29 is 14.3 Å². The second-order valence-electron chi connectivity index (χ2n) is 5.40. The minimum atomic E-state index is -0.368. The van der Waals surface area contributed by atoms with E-state index in [0.717, 1.165) is 11.1 Å². The Kier molecular flexibility index (Phi) is 5.52. The highest BCUT2D eigenvalue weighted by atomic mass is 16.5. The summed E-state index contributed by atoms with van der Waals surface area (Å²) in [5, 5.41) is 3.97. The van der Waals surface area contributed by atoms with Crippen LogP contribution in [-0.4, -0.2) is 29.7 Å². The van der Waals surface area contributed by atoms with E-state index in [9.17, 15) is 9.59 Å². The number of benzene rings is 1. The Labute approximate surface area is 140 Å². The lowest BCUT2D eigenvalue weighted by Crippen LogP contribution is -2.18. The molecule has 0 bridgehead atoms. The molecule has 0 saturated heterocycles. The van der Waals surface area contributed by atoms with Crippen LogP contribution in [0.15, 0.2) is 29.4 Å². The molecule has 0 spiro atoms. The molecule has 1 heterocycles. The molecular weight excluding hydrogens is 306 g/mol. The number of carbonyl (C=O) groups excluding carboxylic acids is 2. The number of H-pyrrole nitrogens is 1. The van der Waals surface area contributed by atoms with E-state index in [1.54, 1.807) is 32.9 Å². The fraction of sp³-hybridized carbons (Fsp3) is 0.278. The summed E-state index contributed by atoms with van der Waals surface area (Å²) in [4.78, 5) is 27.1. The van der Waals surface area contributed by atoms with Gasteiger partial charge in [0.25, 0.3) is 5.91 Å². The first kappa shape index (κ1) is 17.5. The average molecular weight is 327 g/mol. The van der Waals surface area contributed by atoms with Crippen LogP contribution in [0, 0.1) is 20.8 Å². The third-order valence-electron chi connectivity index (χ3n) is 3.71. The lowest BCUT2D eigenvalue weighted by Gasteiger charge is -2.03. The van der Waals surface area contributed by atoms with Gasteiger partial charge in [0.15, 0.2) is 0 Å². The summed E-state index contributed by atoms with van der Waals surface area (Å²) in [6.45, 7) is 7.54. The molecule has 1 aromatic heterocycles. The molecule has 1 aromatic carbocycles. The molecule has 0 atom stereocenters. The summed E-state index contributed by atoms with van der Waals surface area (Å²) < 4.78 is 5.04. The van der Waals surface area contributed by atoms with E-state index < -0.39 is 0 Å². The molecule has 1 amide bonds. The van der Waals surface area contributed by atoms with Crippen molar-refractivity contribution in [3.63, 3.8) is 0 Å². The van der Waals surface area contributed by atoms with Gasteiger partial charge >= 0.3 is 5.97 Å². The Morgan fingerprint density at radius 1 is 1.25 bits per heavy atom.